The number of nitrogens with zero attached hydrogens (tertiary/aromatic N) is 1. The van der Waals surface area contributed by atoms with Gasteiger partial charge < -0.3 is 20.1 Å². The molecule has 0 unspecified atom stereocenters. The van der Waals surface area contributed by atoms with Gasteiger partial charge in [-0.25, -0.2) is 0 Å². The van der Waals surface area contributed by atoms with Crippen molar-refractivity contribution in [2.24, 2.45) is 4.99 Å². The second-order valence-electron chi connectivity index (χ2n) is 3.93. The first-order chi connectivity index (χ1) is 9.30. The summed E-state index contributed by atoms with van der Waals surface area (Å²) in [6.45, 7) is 4.74. The summed E-state index contributed by atoms with van der Waals surface area (Å²) < 4.78 is 10.4. The summed E-state index contributed by atoms with van der Waals surface area (Å²) >= 11 is 0. The number of methoxy groups -OCH3 is 1. The van der Waals surface area contributed by atoms with Crippen molar-refractivity contribution in [2.75, 3.05) is 33.9 Å². The lowest BCUT2D eigenvalue weighted by Crippen LogP contribution is -2.38. The molecule has 0 saturated heterocycles. The first kappa shape index (κ1) is 19.0. The molecule has 2 N–H and O–H groups in total. The van der Waals surface area contributed by atoms with Gasteiger partial charge in [0.25, 0.3) is 0 Å². The third kappa shape index (κ3) is 7.54. The number of ether oxygens (including phenoxy) is 2. The average molecular weight is 393 g/mol. The third-order valence-electron chi connectivity index (χ3n) is 2.49. The molecule has 0 aliphatic heterocycles. The smallest absolute Gasteiger partial charge is 0.191 e. The van der Waals surface area contributed by atoms with Crippen LogP contribution in [-0.2, 0) is 11.3 Å². The quantitative estimate of drug-likeness (QED) is 0.322. The van der Waals surface area contributed by atoms with E-state index in [1.807, 2.05) is 25.1 Å². The molecule has 114 valence electrons. The Morgan fingerprint density at radius 2 is 2.10 bits per heavy atom. The minimum Gasteiger partial charge on any atom is -0.494 e. The molecular weight excluding hydrogens is 369 g/mol. The van der Waals surface area contributed by atoms with Crippen molar-refractivity contribution in [3.63, 3.8) is 0 Å². The van der Waals surface area contributed by atoms with Crippen molar-refractivity contribution < 1.29 is 9.47 Å². The van der Waals surface area contributed by atoms with Crippen molar-refractivity contribution in [3.8, 4) is 5.75 Å². The van der Waals surface area contributed by atoms with E-state index in [0.29, 0.717) is 19.8 Å². The minimum atomic E-state index is 0. The van der Waals surface area contributed by atoms with E-state index in [-0.39, 0.29) is 24.0 Å². The van der Waals surface area contributed by atoms with Crippen LogP contribution in [0, 0.1) is 0 Å². The lowest BCUT2D eigenvalue weighted by molar-refractivity contribution is 0.203. The Labute approximate surface area is 138 Å². The maximum absolute atomic E-state index is 5.47. The molecule has 0 amide bonds. The van der Waals surface area contributed by atoms with E-state index in [9.17, 15) is 0 Å². The molecule has 20 heavy (non-hydrogen) atoms. The highest BCUT2D eigenvalue weighted by atomic mass is 127. The largest absolute Gasteiger partial charge is 0.494 e. The van der Waals surface area contributed by atoms with E-state index < -0.39 is 0 Å². The van der Waals surface area contributed by atoms with Gasteiger partial charge in [0.1, 0.15) is 5.75 Å². The molecule has 1 aromatic rings. The summed E-state index contributed by atoms with van der Waals surface area (Å²) in [5.74, 6) is 1.66. The number of rotatable bonds is 7. The van der Waals surface area contributed by atoms with E-state index in [4.69, 9.17) is 9.47 Å². The molecule has 0 atom stereocenters. The van der Waals surface area contributed by atoms with E-state index in [1.165, 1.54) is 0 Å². The SMILES string of the molecule is CCOc1cccc(CNC(=NC)NCCOC)c1.I. The van der Waals surface area contributed by atoms with Gasteiger partial charge in [0, 0.05) is 27.2 Å². The van der Waals surface area contributed by atoms with Crippen LogP contribution in [0.25, 0.3) is 0 Å². The zero-order valence-corrected chi connectivity index (χ0v) is 14.6. The van der Waals surface area contributed by atoms with E-state index in [2.05, 4.69) is 21.7 Å². The number of aliphatic imine (C=N–C) groups is 1. The van der Waals surface area contributed by atoms with Crippen molar-refractivity contribution in [2.45, 2.75) is 13.5 Å². The van der Waals surface area contributed by atoms with Crippen LogP contribution < -0.4 is 15.4 Å². The molecule has 6 heteroatoms. The fraction of sp³-hybridized carbons (Fsp3) is 0.500. The molecule has 5 nitrogen and oxygen atoms in total. The van der Waals surface area contributed by atoms with Crippen molar-refractivity contribution in [1.82, 2.24) is 10.6 Å². The predicted molar refractivity (Wildman–Crippen MR) is 93.1 cm³/mol. The average Bonchev–Trinajstić information content (AvgIpc) is 2.43. The monoisotopic (exact) mass is 393 g/mol. The zero-order valence-electron chi connectivity index (χ0n) is 12.3. The summed E-state index contributed by atoms with van der Waals surface area (Å²) in [4.78, 5) is 4.14. The summed E-state index contributed by atoms with van der Waals surface area (Å²) in [5, 5.41) is 6.40. The maximum Gasteiger partial charge on any atom is 0.191 e. The van der Waals surface area contributed by atoms with E-state index in [1.54, 1.807) is 14.2 Å². The summed E-state index contributed by atoms with van der Waals surface area (Å²) in [6.07, 6.45) is 0. The molecule has 0 bridgehead atoms. The number of hydrogen-bond acceptors (Lipinski definition) is 3. The first-order valence-corrected chi connectivity index (χ1v) is 6.45. The zero-order chi connectivity index (χ0) is 13.9. The first-order valence-electron chi connectivity index (χ1n) is 6.45. The summed E-state index contributed by atoms with van der Waals surface area (Å²) in [7, 11) is 3.43. The summed E-state index contributed by atoms with van der Waals surface area (Å²) in [6, 6.07) is 8.03. The van der Waals surface area contributed by atoms with Gasteiger partial charge in [-0.05, 0) is 24.6 Å². The minimum absolute atomic E-state index is 0. The highest BCUT2D eigenvalue weighted by Gasteiger charge is 1.99. The van der Waals surface area contributed by atoms with Gasteiger partial charge in [0.05, 0.1) is 13.2 Å². The van der Waals surface area contributed by atoms with Crippen LogP contribution in [0.15, 0.2) is 29.3 Å². The molecule has 0 heterocycles. The fourth-order valence-electron chi connectivity index (χ4n) is 1.59. The van der Waals surface area contributed by atoms with Gasteiger partial charge in [-0.15, -0.1) is 24.0 Å². The van der Waals surface area contributed by atoms with Crippen molar-refractivity contribution in [1.29, 1.82) is 0 Å². The maximum atomic E-state index is 5.47. The fourth-order valence-corrected chi connectivity index (χ4v) is 1.59. The highest BCUT2D eigenvalue weighted by molar-refractivity contribution is 14.0. The lowest BCUT2D eigenvalue weighted by Gasteiger charge is -2.12. The van der Waals surface area contributed by atoms with Gasteiger partial charge >= 0.3 is 0 Å². The molecule has 0 saturated carbocycles. The number of guanidine groups is 1. The van der Waals surface area contributed by atoms with Crippen LogP contribution in [0.2, 0.25) is 0 Å². The Balaban J connectivity index is 0.00000361. The third-order valence-corrected chi connectivity index (χ3v) is 2.49. The molecule has 0 aromatic heterocycles. The second-order valence-corrected chi connectivity index (χ2v) is 3.93. The molecule has 1 rings (SSSR count). The van der Waals surface area contributed by atoms with Crippen LogP contribution in [0.3, 0.4) is 0 Å². The van der Waals surface area contributed by atoms with Gasteiger partial charge in [0.15, 0.2) is 5.96 Å². The predicted octanol–water partition coefficient (Wildman–Crippen LogP) is 2.01. The van der Waals surface area contributed by atoms with Gasteiger partial charge in [-0.2, -0.15) is 0 Å². The number of nitrogens with one attached hydrogen (secondary N) is 2. The van der Waals surface area contributed by atoms with Gasteiger partial charge in [0.2, 0.25) is 0 Å². The van der Waals surface area contributed by atoms with Gasteiger partial charge in [-0.3, -0.25) is 4.99 Å². The number of halogens is 1. The second kappa shape index (κ2) is 11.8. The molecule has 0 spiro atoms. The van der Waals surface area contributed by atoms with Crippen LogP contribution in [0.1, 0.15) is 12.5 Å². The highest BCUT2D eigenvalue weighted by Crippen LogP contribution is 2.12. The standard InChI is InChI=1S/C14H23N3O2.HI/c1-4-19-13-7-5-6-12(10-13)11-17-14(15-2)16-8-9-18-3;/h5-7,10H,4,8-9,11H2,1-3H3,(H2,15,16,17);1H. The van der Waals surface area contributed by atoms with Crippen molar-refractivity contribution >= 4 is 29.9 Å². The summed E-state index contributed by atoms with van der Waals surface area (Å²) in [5.41, 5.74) is 1.15. The van der Waals surface area contributed by atoms with Crippen LogP contribution in [0.5, 0.6) is 5.75 Å². The van der Waals surface area contributed by atoms with Crippen molar-refractivity contribution in [3.05, 3.63) is 29.8 Å². The Hall–Kier alpha value is -1.02. The molecule has 1 aromatic carbocycles. The molecular formula is C14H24IN3O2. The van der Waals surface area contributed by atoms with Crippen LogP contribution in [-0.4, -0.2) is 39.9 Å². The normalized spacial score (nSPS) is 10.7. The lowest BCUT2D eigenvalue weighted by atomic mass is 10.2. The number of benzene rings is 1. The van der Waals surface area contributed by atoms with E-state index in [0.717, 1.165) is 23.8 Å². The molecule has 0 aliphatic carbocycles. The Morgan fingerprint density at radius 3 is 2.75 bits per heavy atom. The Bertz CT molecular complexity index is 400. The van der Waals surface area contributed by atoms with E-state index >= 15 is 0 Å². The Kier molecular flexibility index (Phi) is 11.2. The molecule has 0 aliphatic rings. The molecule has 0 fully saturated rings. The van der Waals surface area contributed by atoms with Crippen LogP contribution in [0.4, 0.5) is 0 Å². The van der Waals surface area contributed by atoms with Gasteiger partial charge in [-0.1, -0.05) is 12.1 Å². The number of hydrogen-bond donors (Lipinski definition) is 2. The topological polar surface area (TPSA) is 54.9 Å². The molecule has 0 radical (unpaired) electrons. The van der Waals surface area contributed by atoms with Crippen LogP contribution >= 0.6 is 24.0 Å². The Morgan fingerprint density at radius 1 is 1.30 bits per heavy atom.